The number of carbonyl (C=O) groups excluding carboxylic acids is 1. The van der Waals surface area contributed by atoms with E-state index in [1.54, 1.807) is 35.0 Å². The zero-order chi connectivity index (χ0) is 18.7. The Balaban J connectivity index is 1.61. The van der Waals surface area contributed by atoms with Crippen LogP contribution in [0.4, 0.5) is 5.88 Å². The van der Waals surface area contributed by atoms with Crippen LogP contribution in [0.1, 0.15) is 26.5 Å². The van der Waals surface area contributed by atoms with E-state index in [0.717, 1.165) is 11.4 Å². The number of hydrogen-bond acceptors (Lipinski definition) is 7. The van der Waals surface area contributed by atoms with Gasteiger partial charge in [-0.1, -0.05) is 49.3 Å². The maximum absolute atomic E-state index is 12.1. The first kappa shape index (κ1) is 18.4. The van der Waals surface area contributed by atoms with E-state index in [2.05, 4.69) is 26.0 Å². The molecule has 0 spiro atoms. The molecule has 1 aromatic carbocycles. The maximum Gasteiger partial charge on any atom is 0.237 e. The second-order valence-electron chi connectivity index (χ2n) is 6.51. The van der Waals surface area contributed by atoms with Crippen LogP contribution in [0.25, 0.3) is 5.69 Å². The Morgan fingerprint density at radius 3 is 2.69 bits per heavy atom. The van der Waals surface area contributed by atoms with Crippen molar-refractivity contribution in [2.75, 3.05) is 11.1 Å². The van der Waals surface area contributed by atoms with Crippen LogP contribution in [-0.2, 0) is 10.2 Å². The lowest BCUT2D eigenvalue weighted by atomic mass is 9.92. The molecule has 0 aliphatic heterocycles. The average Bonchev–Trinajstić information content (AvgIpc) is 3.22. The van der Waals surface area contributed by atoms with Crippen molar-refractivity contribution in [1.29, 1.82) is 0 Å². The third-order valence-electron chi connectivity index (χ3n) is 3.39. The molecule has 0 aliphatic rings. The highest BCUT2D eigenvalue weighted by Gasteiger charge is 2.20. The minimum Gasteiger partial charge on any atom is -0.338 e. The van der Waals surface area contributed by atoms with Crippen molar-refractivity contribution in [1.82, 2.24) is 25.4 Å². The number of benzene rings is 1. The highest BCUT2D eigenvalue weighted by atomic mass is 35.5. The smallest absolute Gasteiger partial charge is 0.237 e. The number of hydrogen-bond donors (Lipinski definition) is 1. The van der Waals surface area contributed by atoms with Gasteiger partial charge in [-0.05, 0) is 34.7 Å². The van der Waals surface area contributed by atoms with E-state index in [1.807, 2.05) is 20.8 Å². The lowest BCUT2D eigenvalue weighted by Gasteiger charge is -2.12. The summed E-state index contributed by atoms with van der Waals surface area (Å²) in [6, 6.07) is 8.81. The lowest BCUT2D eigenvalue weighted by molar-refractivity contribution is -0.113. The third-order valence-corrected chi connectivity index (χ3v) is 4.56. The van der Waals surface area contributed by atoms with Crippen LogP contribution in [0.5, 0.6) is 0 Å². The fraction of sp³-hybridized carbons (Fsp3) is 0.312. The Hall–Kier alpha value is -2.39. The molecule has 0 saturated heterocycles. The van der Waals surface area contributed by atoms with Gasteiger partial charge >= 0.3 is 0 Å². The molecule has 0 bridgehead atoms. The normalized spacial score (nSPS) is 11.5. The van der Waals surface area contributed by atoms with Crippen molar-refractivity contribution >= 4 is 35.2 Å². The molecule has 136 valence electrons. The molecule has 1 N–H and O–H groups in total. The van der Waals surface area contributed by atoms with Crippen molar-refractivity contribution < 1.29 is 9.32 Å². The van der Waals surface area contributed by atoms with Crippen LogP contribution in [0.3, 0.4) is 0 Å². The van der Waals surface area contributed by atoms with Crippen LogP contribution < -0.4 is 5.32 Å². The molecule has 0 fully saturated rings. The van der Waals surface area contributed by atoms with Gasteiger partial charge in [-0.3, -0.25) is 10.1 Å². The molecule has 0 atom stereocenters. The number of nitrogens with zero attached hydrogens (tertiary/aromatic N) is 5. The Bertz CT molecular complexity index is 900. The fourth-order valence-corrected chi connectivity index (χ4v) is 2.82. The monoisotopic (exact) mass is 392 g/mol. The van der Waals surface area contributed by atoms with Gasteiger partial charge < -0.3 is 4.52 Å². The number of carbonyl (C=O) groups is 1. The van der Waals surface area contributed by atoms with Crippen LogP contribution in [-0.4, -0.2) is 37.0 Å². The highest BCUT2D eigenvalue weighted by Crippen LogP contribution is 2.24. The molecular weight excluding hydrogens is 376 g/mol. The SMILES string of the molecule is CC(C)(C)c1cc(NC(=O)CSc2nnnn2-c2ccc(Cl)cc2)on1. The molecule has 0 aliphatic carbocycles. The van der Waals surface area contributed by atoms with Gasteiger partial charge in [0, 0.05) is 16.5 Å². The summed E-state index contributed by atoms with van der Waals surface area (Å²) in [5.41, 5.74) is 1.38. The van der Waals surface area contributed by atoms with Gasteiger partial charge in [-0.2, -0.15) is 4.68 Å². The topological polar surface area (TPSA) is 98.7 Å². The fourth-order valence-electron chi connectivity index (χ4n) is 2.00. The average molecular weight is 393 g/mol. The molecule has 2 heterocycles. The van der Waals surface area contributed by atoms with E-state index in [-0.39, 0.29) is 17.1 Å². The minimum absolute atomic E-state index is 0.125. The van der Waals surface area contributed by atoms with Crippen LogP contribution in [0, 0.1) is 0 Å². The molecule has 2 aromatic heterocycles. The molecule has 8 nitrogen and oxygen atoms in total. The summed E-state index contributed by atoms with van der Waals surface area (Å²) in [5.74, 6) is 0.203. The summed E-state index contributed by atoms with van der Waals surface area (Å²) in [7, 11) is 0. The zero-order valence-corrected chi connectivity index (χ0v) is 16.0. The van der Waals surface area contributed by atoms with E-state index in [1.165, 1.54) is 11.8 Å². The summed E-state index contributed by atoms with van der Waals surface area (Å²) in [6.07, 6.45) is 0. The zero-order valence-electron chi connectivity index (χ0n) is 14.4. The Morgan fingerprint density at radius 2 is 2.04 bits per heavy atom. The van der Waals surface area contributed by atoms with Crippen LogP contribution >= 0.6 is 23.4 Å². The van der Waals surface area contributed by atoms with E-state index in [9.17, 15) is 4.79 Å². The predicted octanol–water partition coefficient (Wildman–Crippen LogP) is 3.33. The number of tetrazole rings is 1. The summed E-state index contributed by atoms with van der Waals surface area (Å²) in [5, 5.41) is 19.3. The molecule has 10 heteroatoms. The second-order valence-corrected chi connectivity index (χ2v) is 7.89. The second kappa shape index (κ2) is 7.46. The van der Waals surface area contributed by atoms with E-state index in [4.69, 9.17) is 16.1 Å². The number of anilines is 1. The molecule has 0 radical (unpaired) electrons. The Labute approximate surface area is 159 Å². The quantitative estimate of drug-likeness (QED) is 0.665. The number of aromatic nitrogens is 5. The summed E-state index contributed by atoms with van der Waals surface area (Å²) in [4.78, 5) is 12.1. The summed E-state index contributed by atoms with van der Waals surface area (Å²) < 4.78 is 6.70. The summed E-state index contributed by atoms with van der Waals surface area (Å²) in [6.45, 7) is 6.05. The van der Waals surface area contributed by atoms with Gasteiger partial charge in [0.05, 0.1) is 17.1 Å². The van der Waals surface area contributed by atoms with Gasteiger partial charge in [0.15, 0.2) is 0 Å². The van der Waals surface area contributed by atoms with E-state index in [0.29, 0.717) is 16.1 Å². The largest absolute Gasteiger partial charge is 0.338 e. The Kier molecular flexibility index (Phi) is 5.28. The van der Waals surface area contributed by atoms with Crippen molar-refractivity contribution in [3.63, 3.8) is 0 Å². The van der Waals surface area contributed by atoms with Gasteiger partial charge in [-0.25, -0.2) is 0 Å². The predicted molar refractivity (Wildman–Crippen MR) is 98.7 cm³/mol. The number of thioether (sulfide) groups is 1. The van der Waals surface area contributed by atoms with E-state index >= 15 is 0 Å². The highest BCUT2D eigenvalue weighted by molar-refractivity contribution is 7.99. The van der Waals surface area contributed by atoms with Crippen molar-refractivity contribution in [3.05, 3.63) is 41.0 Å². The minimum atomic E-state index is -0.239. The van der Waals surface area contributed by atoms with Crippen molar-refractivity contribution in [2.24, 2.45) is 0 Å². The number of nitrogens with one attached hydrogen (secondary N) is 1. The number of amides is 1. The Morgan fingerprint density at radius 1 is 1.31 bits per heavy atom. The first-order valence-corrected chi connectivity index (χ1v) is 9.13. The van der Waals surface area contributed by atoms with Gasteiger partial charge in [0.25, 0.3) is 0 Å². The van der Waals surface area contributed by atoms with Crippen molar-refractivity contribution in [2.45, 2.75) is 31.3 Å². The summed E-state index contributed by atoms with van der Waals surface area (Å²) >= 11 is 7.10. The molecule has 3 aromatic rings. The maximum atomic E-state index is 12.1. The first-order chi connectivity index (χ1) is 12.3. The standard InChI is InChI=1S/C16H17ClN6O2S/c1-16(2,3)12-8-14(25-20-12)18-13(24)9-26-15-19-21-22-23(15)11-6-4-10(17)5-7-11/h4-8H,9H2,1-3H3,(H,18,24). The van der Waals surface area contributed by atoms with Gasteiger partial charge in [0.1, 0.15) is 0 Å². The molecule has 0 saturated carbocycles. The van der Waals surface area contributed by atoms with Gasteiger partial charge in [0.2, 0.25) is 16.9 Å². The molecule has 0 unspecified atom stereocenters. The third kappa shape index (κ3) is 4.41. The lowest BCUT2D eigenvalue weighted by Crippen LogP contribution is -2.14. The van der Waals surface area contributed by atoms with E-state index < -0.39 is 0 Å². The molecule has 26 heavy (non-hydrogen) atoms. The van der Waals surface area contributed by atoms with Crippen molar-refractivity contribution in [3.8, 4) is 5.69 Å². The number of halogens is 1. The van der Waals surface area contributed by atoms with Crippen LogP contribution in [0.2, 0.25) is 5.02 Å². The molecule has 3 rings (SSSR count). The number of rotatable bonds is 5. The first-order valence-electron chi connectivity index (χ1n) is 7.77. The van der Waals surface area contributed by atoms with Crippen LogP contribution in [0.15, 0.2) is 40.0 Å². The molecule has 1 amide bonds. The molecular formula is C16H17ClN6O2S. The van der Waals surface area contributed by atoms with Gasteiger partial charge in [-0.15, -0.1) is 5.10 Å².